The quantitative estimate of drug-likeness (QED) is 0.259. The Bertz CT molecular complexity index is 1230. The van der Waals surface area contributed by atoms with Gasteiger partial charge in [0.1, 0.15) is 24.4 Å². The van der Waals surface area contributed by atoms with Crippen molar-refractivity contribution >= 4 is 32.6 Å². The molecule has 2 bridgehead atoms. The lowest BCUT2D eigenvalue weighted by atomic mass is 9.71. The third-order valence-corrected chi connectivity index (χ3v) is 8.49. The summed E-state index contributed by atoms with van der Waals surface area (Å²) >= 11 is 3.45. The second-order valence-corrected chi connectivity index (χ2v) is 10.6. The highest BCUT2D eigenvalue weighted by atomic mass is 79.9. The maximum absolute atomic E-state index is 13.4. The van der Waals surface area contributed by atoms with Gasteiger partial charge in [0.2, 0.25) is 5.78 Å². The average molecular weight is 522 g/mol. The van der Waals surface area contributed by atoms with Crippen molar-refractivity contribution in [1.82, 2.24) is 4.98 Å². The van der Waals surface area contributed by atoms with Gasteiger partial charge in [0, 0.05) is 40.4 Å². The van der Waals surface area contributed by atoms with Gasteiger partial charge >= 0.3 is 0 Å². The number of Topliss-reactive ketones (excluding diaryl/α,β-unsaturated/α-hetero) is 1. The summed E-state index contributed by atoms with van der Waals surface area (Å²) < 4.78 is 6.99. The third kappa shape index (κ3) is 4.08. The summed E-state index contributed by atoms with van der Waals surface area (Å²) in [6, 6.07) is 15.2. The molecule has 0 spiro atoms. The molecular formula is C28H30BrN2O3+. The largest absolute Gasteiger partial charge is 0.497 e. The molecule has 0 unspecified atom stereocenters. The third-order valence-electron chi connectivity index (χ3n) is 7.97. The average Bonchev–Trinajstić information content (AvgIpc) is 2.87. The molecule has 0 aliphatic carbocycles. The van der Waals surface area contributed by atoms with Gasteiger partial charge in [-0.25, -0.2) is 0 Å². The maximum atomic E-state index is 13.4. The molecule has 5 atom stereocenters. The Morgan fingerprint density at radius 3 is 2.82 bits per heavy atom. The van der Waals surface area contributed by atoms with Gasteiger partial charge in [0.25, 0.3) is 0 Å². The van der Waals surface area contributed by atoms with Crippen molar-refractivity contribution in [2.75, 3.05) is 26.7 Å². The Morgan fingerprint density at radius 1 is 1.29 bits per heavy atom. The molecule has 1 N–H and O–H groups in total. The first-order valence-corrected chi connectivity index (χ1v) is 12.6. The Morgan fingerprint density at radius 2 is 2.09 bits per heavy atom. The van der Waals surface area contributed by atoms with E-state index in [-0.39, 0.29) is 11.8 Å². The molecule has 3 fully saturated rings. The van der Waals surface area contributed by atoms with Crippen molar-refractivity contribution in [3.05, 3.63) is 83.0 Å². The number of aromatic nitrogens is 1. The monoisotopic (exact) mass is 521 g/mol. The molecule has 4 heterocycles. The van der Waals surface area contributed by atoms with Crippen molar-refractivity contribution in [3.8, 4) is 5.75 Å². The SMILES string of the molecule is C=C[C@@H]1C[N@+]2(CC(=O)c3ccc(Br)cc3)CC[C@H]1C[C@H]2[C@H](O)c1ccnc2ccc(OC)cc12. The summed E-state index contributed by atoms with van der Waals surface area (Å²) in [6.07, 6.45) is 5.03. The second kappa shape index (κ2) is 9.25. The first-order chi connectivity index (χ1) is 16.4. The number of halogens is 1. The summed E-state index contributed by atoms with van der Waals surface area (Å²) in [6.45, 7) is 6.20. The molecule has 0 radical (unpaired) electrons. The number of aliphatic hydroxyl groups excluding tert-OH is 1. The highest BCUT2D eigenvalue weighted by Crippen LogP contribution is 2.47. The van der Waals surface area contributed by atoms with E-state index in [9.17, 15) is 9.90 Å². The number of pyridine rings is 1. The van der Waals surface area contributed by atoms with Crippen LogP contribution in [0, 0.1) is 11.8 Å². The summed E-state index contributed by atoms with van der Waals surface area (Å²) in [7, 11) is 1.64. The smallest absolute Gasteiger partial charge is 0.216 e. The van der Waals surface area contributed by atoms with E-state index in [1.54, 1.807) is 13.3 Å². The lowest BCUT2D eigenvalue weighted by Gasteiger charge is -2.57. The molecule has 34 heavy (non-hydrogen) atoms. The number of ether oxygens (including phenoxy) is 1. The fraction of sp³-hybridized carbons (Fsp3) is 0.357. The number of nitrogens with zero attached hydrogens (tertiary/aromatic N) is 2. The van der Waals surface area contributed by atoms with E-state index in [0.29, 0.717) is 28.4 Å². The van der Waals surface area contributed by atoms with Gasteiger partial charge in [-0.05, 0) is 47.9 Å². The number of methoxy groups -OCH3 is 1. The standard InChI is InChI=1S/C28H30BrN2O3/c1-3-18-16-31(17-27(32)19-4-6-21(29)7-5-19)13-11-20(18)14-26(31)28(33)23-10-12-30-25-9-8-22(34-2)15-24(23)25/h3-10,12,15,18,20,26,28,33H,1,11,13-14,16-17H2,2H3/q+1/t18-,20+,26+,28-,31+/m1/s1. The van der Waals surface area contributed by atoms with Crippen LogP contribution in [0.4, 0.5) is 0 Å². The zero-order chi connectivity index (χ0) is 23.9. The van der Waals surface area contributed by atoms with E-state index >= 15 is 0 Å². The molecule has 5 nitrogen and oxygen atoms in total. The maximum Gasteiger partial charge on any atom is 0.216 e. The molecule has 3 aromatic rings. The van der Waals surface area contributed by atoms with Gasteiger partial charge in [0.15, 0.2) is 0 Å². The number of ketones is 1. The van der Waals surface area contributed by atoms with Crippen molar-refractivity contribution < 1.29 is 19.1 Å². The molecule has 6 heteroatoms. The summed E-state index contributed by atoms with van der Waals surface area (Å²) in [5, 5.41) is 12.7. The minimum atomic E-state index is -0.705. The van der Waals surface area contributed by atoms with Gasteiger partial charge in [-0.3, -0.25) is 9.78 Å². The number of benzene rings is 2. The van der Waals surface area contributed by atoms with Gasteiger partial charge in [0.05, 0.1) is 25.7 Å². The van der Waals surface area contributed by atoms with Crippen molar-refractivity contribution in [3.63, 3.8) is 0 Å². The summed E-state index contributed by atoms with van der Waals surface area (Å²) in [5.41, 5.74) is 2.39. The van der Waals surface area contributed by atoms with Crippen LogP contribution in [0.3, 0.4) is 0 Å². The number of aliphatic hydroxyl groups is 1. The Hall–Kier alpha value is -2.54. The van der Waals surface area contributed by atoms with Gasteiger partial charge < -0.3 is 14.3 Å². The molecule has 3 saturated heterocycles. The molecule has 3 aliphatic heterocycles. The van der Waals surface area contributed by atoms with Crippen molar-refractivity contribution in [2.45, 2.75) is 25.0 Å². The van der Waals surface area contributed by atoms with Crippen LogP contribution in [-0.4, -0.2) is 53.1 Å². The van der Waals surface area contributed by atoms with Gasteiger partial charge in [-0.1, -0.05) is 34.1 Å². The molecule has 1 aromatic heterocycles. The highest BCUT2D eigenvalue weighted by Gasteiger charge is 2.54. The van der Waals surface area contributed by atoms with E-state index < -0.39 is 6.10 Å². The predicted molar refractivity (Wildman–Crippen MR) is 137 cm³/mol. The van der Waals surface area contributed by atoms with E-state index in [1.165, 1.54) is 0 Å². The Labute approximate surface area is 208 Å². The van der Waals surface area contributed by atoms with Gasteiger partial charge in [-0.2, -0.15) is 0 Å². The topological polar surface area (TPSA) is 59.4 Å². The van der Waals surface area contributed by atoms with Crippen molar-refractivity contribution in [2.24, 2.45) is 11.8 Å². The van der Waals surface area contributed by atoms with Gasteiger partial charge in [-0.15, -0.1) is 6.58 Å². The minimum absolute atomic E-state index is 0.0638. The number of carbonyl (C=O) groups is 1. The second-order valence-electron chi connectivity index (χ2n) is 9.69. The van der Waals surface area contributed by atoms with E-state index in [1.807, 2.05) is 48.5 Å². The zero-order valence-corrected chi connectivity index (χ0v) is 20.9. The molecule has 0 amide bonds. The number of hydrogen-bond donors (Lipinski definition) is 1. The molecule has 0 saturated carbocycles. The number of fused-ring (bicyclic) bond motifs is 4. The first kappa shape index (κ1) is 23.2. The van der Waals surface area contributed by atoms with E-state index in [2.05, 4.69) is 33.6 Å². The number of quaternary nitrogens is 1. The summed E-state index contributed by atoms with van der Waals surface area (Å²) in [4.78, 5) is 17.9. The lowest BCUT2D eigenvalue weighted by Crippen LogP contribution is -2.69. The van der Waals surface area contributed by atoms with E-state index in [4.69, 9.17) is 4.74 Å². The fourth-order valence-corrected chi connectivity index (χ4v) is 6.40. The molecule has 176 valence electrons. The van der Waals surface area contributed by atoms with Crippen LogP contribution in [0.5, 0.6) is 5.75 Å². The number of hydrogen-bond acceptors (Lipinski definition) is 4. The number of carbonyl (C=O) groups excluding carboxylic acids is 1. The normalized spacial score (nSPS) is 26.9. The Balaban J connectivity index is 1.53. The summed E-state index contributed by atoms with van der Waals surface area (Å²) in [5.74, 6) is 1.71. The number of piperidine rings is 3. The molecule has 2 aromatic carbocycles. The lowest BCUT2D eigenvalue weighted by molar-refractivity contribution is -0.966. The van der Waals surface area contributed by atoms with Crippen LogP contribution in [0.15, 0.2) is 71.9 Å². The number of rotatable bonds is 7. The molecular weight excluding hydrogens is 492 g/mol. The van der Waals surface area contributed by atoms with Crippen LogP contribution in [-0.2, 0) is 0 Å². The minimum Gasteiger partial charge on any atom is -0.497 e. The Kier molecular flexibility index (Phi) is 6.32. The zero-order valence-electron chi connectivity index (χ0n) is 19.4. The van der Waals surface area contributed by atoms with Crippen LogP contribution in [0.2, 0.25) is 0 Å². The van der Waals surface area contributed by atoms with E-state index in [0.717, 1.165) is 52.6 Å². The highest BCUT2D eigenvalue weighted by molar-refractivity contribution is 9.10. The van der Waals surface area contributed by atoms with Crippen molar-refractivity contribution in [1.29, 1.82) is 0 Å². The van der Waals surface area contributed by atoms with Crippen LogP contribution < -0.4 is 4.74 Å². The fourth-order valence-electron chi connectivity index (χ4n) is 6.13. The van der Waals surface area contributed by atoms with Crippen LogP contribution >= 0.6 is 15.9 Å². The predicted octanol–water partition coefficient (Wildman–Crippen LogP) is 5.33. The molecule has 3 aliphatic rings. The van der Waals surface area contributed by atoms with Crippen LogP contribution in [0.25, 0.3) is 10.9 Å². The molecule has 6 rings (SSSR count). The van der Waals surface area contributed by atoms with Crippen LogP contribution in [0.1, 0.15) is 34.9 Å². The first-order valence-electron chi connectivity index (χ1n) is 11.8.